The summed E-state index contributed by atoms with van der Waals surface area (Å²) in [6, 6.07) is 6.93. The van der Waals surface area contributed by atoms with Crippen molar-refractivity contribution in [1.82, 2.24) is 9.55 Å². The van der Waals surface area contributed by atoms with Crippen LogP contribution in [0.5, 0.6) is 0 Å². The number of anilines is 1. The molecule has 0 spiro atoms. The van der Waals surface area contributed by atoms with Crippen LogP contribution in [0.1, 0.15) is 16.2 Å². The van der Waals surface area contributed by atoms with Crippen LogP contribution in [-0.2, 0) is 7.05 Å². The van der Waals surface area contributed by atoms with Gasteiger partial charge >= 0.3 is 0 Å². The molecule has 1 amide bonds. The summed E-state index contributed by atoms with van der Waals surface area (Å²) in [4.78, 5) is 16.0. The van der Waals surface area contributed by atoms with Gasteiger partial charge in [0, 0.05) is 24.0 Å². The SMILES string of the molecule is Cc1ccc(C(=O)Nc2cc(Cl)ccn2)n1C. The first-order valence-corrected chi connectivity index (χ1v) is 5.51. The first-order valence-electron chi connectivity index (χ1n) is 5.13. The average molecular weight is 250 g/mol. The summed E-state index contributed by atoms with van der Waals surface area (Å²) in [7, 11) is 1.84. The van der Waals surface area contributed by atoms with E-state index in [0.717, 1.165) is 5.69 Å². The maximum absolute atomic E-state index is 11.9. The molecule has 1 N–H and O–H groups in total. The smallest absolute Gasteiger partial charge is 0.273 e. The van der Waals surface area contributed by atoms with E-state index in [4.69, 9.17) is 11.6 Å². The summed E-state index contributed by atoms with van der Waals surface area (Å²) in [5, 5.41) is 3.24. The zero-order valence-corrected chi connectivity index (χ0v) is 10.3. The van der Waals surface area contributed by atoms with Crippen molar-refractivity contribution in [2.45, 2.75) is 6.92 Å². The van der Waals surface area contributed by atoms with Crippen LogP contribution in [0.3, 0.4) is 0 Å². The molecule has 0 saturated heterocycles. The first-order chi connectivity index (χ1) is 8.08. The standard InChI is InChI=1S/C12H12ClN3O/c1-8-3-4-10(16(8)2)12(17)15-11-7-9(13)5-6-14-11/h3-7H,1-2H3,(H,14,15,17). The van der Waals surface area contributed by atoms with Gasteiger partial charge in [0.05, 0.1) is 0 Å². The van der Waals surface area contributed by atoms with Gasteiger partial charge in [0.15, 0.2) is 0 Å². The van der Waals surface area contributed by atoms with Gasteiger partial charge in [-0.1, -0.05) is 11.6 Å². The molecule has 2 heterocycles. The summed E-state index contributed by atoms with van der Waals surface area (Å²) in [5.74, 6) is 0.247. The highest BCUT2D eigenvalue weighted by atomic mass is 35.5. The fraction of sp³-hybridized carbons (Fsp3) is 0.167. The molecule has 17 heavy (non-hydrogen) atoms. The molecule has 5 heteroatoms. The van der Waals surface area contributed by atoms with Crippen molar-refractivity contribution < 1.29 is 4.79 Å². The van der Waals surface area contributed by atoms with Gasteiger partial charge in [-0.2, -0.15) is 0 Å². The number of aromatic nitrogens is 2. The van der Waals surface area contributed by atoms with Gasteiger partial charge in [0.25, 0.3) is 5.91 Å². The third-order valence-corrected chi connectivity index (χ3v) is 2.80. The number of carbonyl (C=O) groups excluding carboxylic acids is 1. The van der Waals surface area contributed by atoms with Gasteiger partial charge < -0.3 is 9.88 Å². The van der Waals surface area contributed by atoms with Crippen molar-refractivity contribution in [3.63, 3.8) is 0 Å². The van der Waals surface area contributed by atoms with E-state index in [1.165, 1.54) is 0 Å². The number of nitrogens with one attached hydrogen (secondary N) is 1. The summed E-state index contributed by atoms with van der Waals surface area (Å²) in [6.45, 7) is 1.94. The molecule has 88 valence electrons. The van der Waals surface area contributed by atoms with Crippen molar-refractivity contribution in [2.24, 2.45) is 7.05 Å². The van der Waals surface area contributed by atoms with Gasteiger partial charge in [-0.05, 0) is 31.2 Å². The Hall–Kier alpha value is -1.81. The molecule has 0 aliphatic heterocycles. The fourth-order valence-electron chi connectivity index (χ4n) is 1.49. The van der Waals surface area contributed by atoms with Crippen LogP contribution >= 0.6 is 11.6 Å². The lowest BCUT2D eigenvalue weighted by Crippen LogP contribution is -2.16. The van der Waals surface area contributed by atoms with E-state index < -0.39 is 0 Å². The lowest BCUT2D eigenvalue weighted by atomic mass is 10.4. The number of rotatable bonds is 2. The average Bonchev–Trinajstić information content (AvgIpc) is 2.60. The van der Waals surface area contributed by atoms with E-state index in [2.05, 4.69) is 10.3 Å². The van der Waals surface area contributed by atoms with Gasteiger partial charge in [0.1, 0.15) is 11.5 Å². The molecule has 2 rings (SSSR count). The number of pyridine rings is 1. The lowest BCUT2D eigenvalue weighted by molar-refractivity contribution is 0.101. The Balaban J connectivity index is 2.20. The summed E-state index contributed by atoms with van der Waals surface area (Å²) < 4.78 is 1.82. The zero-order chi connectivity index (χ0) is 12.4. The van der Waals surface area contributed by atoms with Crippen LogP contribution in [0.25, 0.3) is 0 Å². The quantitative estimate of drug-likeness (QED) is 0.889. The maximum atomic E-state index is 11.9. The van der Waals surface area contributed by atoms with Crippen molar-refractivity contribution in [2.75, 3.05) is 5.32 Å². The summed E-state index contributed by atoms with van der Waals surface area (Å²) >= 11 is 5.81. The zero-order valence-electron chi connectivity index (χ0n) is 9.57. The molecule has 0 saturated carbocycles. The Morgan fingerprint density at radius 1 is 1.41 bits per heavy atom. The number of nitrogens with zero attached hydrogens (tertiary/aromatic N) is 2. The Labute approximate surface area is 104 Å². The van der Waals surface area contributed by atoms with Crippen LogP contribution in [0.15, 0.2) is 30.5 Å². The molecule has 0 radical (unpaired) electrons. The minimum absolute atomic E-state index is 0.199. The van der Waals surface area contributed by atoms with Crippen LogP contribution in [0.2, 0.25) is 5.02 Å². The number of halogens is 1. The van der Waals surface area contributed by atoms with Crippen LogP contribution in [-0.4, -0.2) is 15.5 Å². The molecule has 2 aromatic rings. The van der Waals surface area contributed by atoms with E-state index in [1.54, 1.807) is 24.4 Å². The molecule has 0 bridgehead atoms. The van der Waals surface area contributed by atoms with Gasteiger partial charge in [-0.15, -0.1) is 0 Å². The second kappa shape index (κ2) is 4.59. The monoisotopic (exact) mass is 249 g/mol. The second-order valence-corrected chi connectivity index (χ2v) is 4.17. The van der Waals surface area contributed by atoms with E-state index in [0.29, 0.717) is 16.5 Å². The molecular weight excluding hydrogens is 238 g/mol. The van der Waals surface area contributed by atoms with Gasteiger partial charge in [-0.25, -0.2) is 4.98 Å². The van der Waals surface area contributed by atoms with Crippen LogP contribution in [0.4, 0.5) is 5.82 Å². The van der Waals surface area contributed by atoms with E-state index in [1.807, 2.05) is 24.6 Å². The lowest BCUT2D eigenvalue weighted by Gasteiger charge is -2.06. The third-order valence-electron chi connectivity index (χ3n) is 2.57. The highest BCUT2D eigenvalue weighted by Crippen LogP contribution is 2.13. The Morgan fingerprint density at radius 3 is 2.76 bits per heavy atom. The van der Waals surface area contributed by atoms with Crippen molar-refractivity contribution >= 4 is 23.3 Å². The topological polar surface area (TPSA) is 46.9 Å². The van der Waals surface area contributed by atoms with Crippen molar-refractivity contribution in [3.05, 3.63) is 46.9 Å². The Bertz CT molecular complexity index is 563. The molecule has 0 aliphatic carbocycles. The fourth-order valence-corrected chi connectivity index (χ4v) is 1.65. The predicted molar refractivity (Wildman–Crippen MR) is 67.4 cm³/mol. The highest BCUT2D eigenvalue weighted by molar-refractivity contribution is 6.30. The second-order valence-electron chi connectivity index (χ2n) is 3.73. The molecule has 0 fully saturated rings. The summed E-state index contributed by atoms with van der Waals surface area (Å²) in [5.41, 5.74) is 1.61. The number of hydrogen-bond donors (Lipinski definition) is 1. The number of amides is 1. The molecule has 0 atom stereocenters. The third kappa shape index (κ3) is 2.47. The largest absolute Gasteiger partial charge is 0.344 e. The van der Waals surface area contributed by atoms with Crippen LogP contribution < -0.4 is 5.32 Å². The predicted octanol–water partition coefficient (Wildman–Crippen LogP) is 2.63. The minimum atomic E-state index is -0.199. The van der Waals surface area contributed by atoms with Gasteiger partial charge in [0.2, 0.25) is 0 Å². The number of aryl methyl sites for hydroxylation is 1. The van der Waals surface area contributed by atoms with Gasteiger partial charge in [-0.3, -0.25) is 4.79 Å². The molecule has 0 aromatic carbocycles. The molecule has 4 nitrogen and oxygen atoms in total. The van der Waals surface area contributed by atoms with E-state index in [-0.39, 0.29) is 5.91 Å². The Kier molecular flexibility index (Phi) is 3.15. The number of carbonyl (C=O) groups is 1. The minimum Gasteiger partial charge on any atom is -0.344 e. The molecular formula is C12H12ClN3O. The normalized spacial score (nSPS) is 10.3. The molecule has 0 unspecified atom stereocenters. The molecule has 2 aromatic heterocycles. The number of hydrogen-bond acceptors (Lipinski definition) is 2. The Morgan fingerprint density at radius 2 is 2.18 bits per heavy atom. The maximum Gasteiger partial charge on any atom is 0.273 e. The first kappa shape index (κ1) is 11.7. The van der Waals surface area contributed by atoms with E-state index >= 15 is 0 Å². The van der Waals surface area contributed by atoms with Crippen LogP contribution in [0, 0.1) is 6.92 Å². The van der Waals surface area contributed by atoms with Crippen molar-refractivity contribution in [1.29, 1.82) is 0 Å². The molecule has 0 aliphatic rings. The van der Waals surface area contributed by atoms with E-state index in [9.17, 15) is 4.79 Å². The highest BCUT2D eigenvalue weighted by Gasteiger charge is 2.11. The summed E-state index contributed by atoms with van der Waals surface area (Å²) in [6.07, 6.45) is 1.55. The van der Waals surface area contributed by atoms with Crippen molar-refractivity contribution in [3.8, 4) is 0 Å².